The van der Waals surface area contributed by atoms with Crippen LogP contribution in [-0.2, 0) is 0 Å². The summed E-state index contributed by atoms with van der Waals surface area (Å²) >= 11 is 7.20. The van der Waals surface area contributed by atoms with Gasteiger partial charge in [0.05, 0.1) is 16.5 Å². The van der Waals surface area contributed by atoms with Crippen molar-refractivity contribution in [3.63, 3.8) is 0 Å². The van der Waals surface area contributed by atoms with Crippen molar-refractivity contribution < 1.29 is 0 Å². The van der Waals surface area contributed by atoms with Crippen LogP contribution < -0.4 is 4.72 Å². The van der Waals surface area contributed by atoms with Crippen molar-refractivity contribution in [2.75, 3.05) is 5.88 Å². The summed E-state index contributed by atoms with van der Waals surface area (Å²) < 4.78 is 3.06. The normalized spacial score (nSPS) is 14.6. The molecule has 0 spiro atoms. The largest absolute Gasteiger partial charge is 0.313 e. The van der Waals surface area contributed by atoms with E-state index in [-0.39, 0.29) is 0 Å². The smallest absolute Gasteiger partial charge is 0.127 e. The fraction of sp³-hybridized carbons (Fsp3) is 0.125. The molecule has 62 valence electrons. The molecule has 1 heterocycles. The number of para-hydroxylation sites is 1. The fourth-order valence-corrected chi connectivity index (χ4v) is 1.89. The van der Waals surface area contributed by atoms with E-state index in [1.165, 1.54) is 0 Å². The van der Waals surface area contributed by atoms with E-state index >= 15 is 0 Å². The monoisotopic (exact) mass is 198 g/mol. The molecular weight excluding hydrogens is 192 g/mol. The van der Waals surface area contributed by atoms with E-state index < -0.39 is 0 Å². The maximum Gasteiger partial charge on any atom is 0.127 e. The predicted molar refractivity (Wildman–Crippen MR) is 53.2 cm³/mol. The first-order valence-corrected chi connectivity index (χ1v) is 4.90. The van der Waals surface area contributed by atoms with Gasteiger partial charge in [-0.1, -0.05) is 12.1 Å². The lowest BCUT2D eigenvalue weighted by Crippen LogP contribution is -2.19. The van der Waals surface area contributed by atoms with Crippen LogP contribution in [0.4, 0.5) is 5.69 Å². The minimum Gasteiger partial charge on any atom is -0.313 e. The zero-order valence-corrected chi connectivity index (χ0v) is 7.82. The molecule has 0 unspecified atom stereocenters. The summed E-state index contributed by atoms with van der Waals surface area (Å²) in [5.74, 6) is 1.25. The van der Waals surface area contributed by atoms with Crippen molar-refractivity contribution in [3.8, 4) is 0 Å². The van der Waals surface area contributed by atoms with E-state index in [0.29, 0.717) is 5.88 Å². The van der Waals surface area contributed by atoms with Crippen LogP contribution in [0.25, 0.3) is 0 Å². The van der Waals surface area contributed by atoms with Crippen molar-refractivity contribution in [1.82, 2.24) is 4.72 Å². The number of amidine groups is 1. The molecule has 0 amide bonds. The van der Waals surface area contributed by atoms with Crippen LogP contribution >= 0.6 is 23.5 Å². The second-order valence-electron chi connectivity index (χ2n) is 2.36. The lowest BCUT2D eigenvalue weighted by molar-refractivity contribution is 1.28. The van der Waals surface area contributed by atoms with Crippen LogP contribution in [0.1, 0.15) is 0 Å². The van der Waals surface area contributed by atoms with Gasteiger partial charge in [-0.3, -0.25) is 0 Å². The Hall–Kier alpha value is -0.670. The molecule has 0 fully saturated rings. The molecule has 1 N–H and O–H groups in total. The van der Waals surface area contributed by atoms with Gasteiger partial charge in [0.2, 0.25) is 0 Å². The first-order chi connectivity index (χ1) is 5.90. The third-order valence-electron chi connectivity index (χ3n) is 1.53. The molecule has 12 heavy (non-hydrogen) atoms. The Morgan fingerprint density at radius 3 is 3.08 bits per heavy atom. The molecular formula is C8H7ClN2S. The van der Waals surface area contributed by atoms with Crippen molar-refractivity contribution in [2.24, 2.45) is 4.99 Å². The van der Waals surface area contributed by atoms with Crippen LogP contribution in [0.3, 0.4) is 0 Å². The van der Waals surface area contributed by atoms with Gasteiger partial charge >= 0.3 is 0 Å². The number of rotatable bonds is 1. The first kappa shape index (κ1) is 7.95. The average molecular weight is 199 g/mol. The quantitative estimate of drug-likeness (QED) is 0.554. The molecule has 1 aliphatic heterocycles. The molecule has 0 radical (unpaired) electrons. The molecule has 0 atom stereocenters. The number of nitrogens with one attached hydrogen (secondary N) is 1. The Morgan fingerprint density at radius 1 is 1.42 bits per heavy atom. The zero-order valence-electron chi connectivity index (χ0n) is 6.25. The zero-order chi connectivity index (χ0) is 8.39. The Bertz CT molecular complexity index is 325. The van der Waals surface area contributed by atoms with Crippen molar-refractivity contribution >= 4 is 35.1 Å². The number of halogens is 1. The van der Waals surface area contributed by atoms with Crippen LogP contribution in [0.5, 0.6) is 0 Å². The number of fused-ring (bicyclic) bond motifs is 1. The van der Waals surface area contributed by atoms with Gasteiger partial charge in [0.1, 0.15) is 5.84 Å². The maximum atomic E-state index is 5.64. The number of benzene rings is 1. The lowest BCUT2D eigenvalue weighted by Gasteiger charge is -2.13. The molecule has 0 saturated heterocycles. The van der Waals surface area contributed by atoms with Gasteiger partial charge in [0, 0.05) is 0 Å². The standard InChI is InChI=1S/C8H7ClN2S/c9-5-8-10-6-3-1-2-4-7(6)12-11-8/h1-4H,5H2,(H,10,11). The number of nitrogens with zero attached hydrogens (tertiary/aromatic N) is 1. The summed E-state index contributed by atoms with van der Waals surface area (Å²) in [6.45, 7) is 0. The topological polar surface area (TPSA) is 24.4 Å². The van der Waals surface area contributed by atoms with Crippen molar-refractivity contribution in [2.45, 2.75) is 4.90 Å². The van der Waals surface area contributed by atoms with Crippen molar-refractivity contribution in [1.29, 1.82) is 0 Å². The Labute approximate surface area is 80.2 Å². The van der Waals surface area contributed by atoms with Crippen LogP contribution in [0, 0.1) is 0 Å². The van der Waals surface area contributed by atoms with E-state index in [4.69, 9.17) is 11.6 Å². The summed E-state index contributed by atoms with van der Waals surface area (Å²) in [6, 6.07) is 7.98. The second-order valence-corrected chi connectivity index (χ2v) is 3.48. The molecule has 1 aromatic rings. The summed E-state index contributed by atoms with van der Waals surface area (Å²) in [5, 5.41) is 0. The van der Waals surface area contributed by atoms with Crippen LogP contribution in [0.15, 0.2) is 34.2 Å². The van der Waals surface area contributed by atoms with Gasteiger partial charge < -0.3 is 4.72 Å². The minimum absolute atomic E-state index is 0.432. The number of hydrogen-bond acceptors (Lipinski definition) is 3. The third-order valence-corrected chi connectivity index (χ3v) is 2.68. The van der Waals surface area contributed by atoms with Crippen LogP contribution in [0.2, 0.25) is 0 Å². The molecule has 0 bridgehead atoms. The number of aliphatic imine (C=N–C) groups is 1. The fourth-order valence-electron chi connectivity index (χ4n) is 0.975. The van der Waals surface area contributed by atoms with Gasteiger partial charge in [-0.25, -0.2) is 4.99 Å². The van der Waals surface area contributed by atoms with Crippen LogP contribution in [-0.4, -0.2) is 11.7 Å². The van der Waals surface area contributed by atoms with Gasteiger partial charge in [-0.05, 0) is 24.1 Å². The van der Waals surface area contributed by atoms with E-state index in [2.05, 4.69) is 9.71 Å². The number of hydrogen-bond donors (Lipinski definition) is 1. The average Bonchev–Trinajstić information content (AvgIpc) is 2.17. The SMILES string of the molecule is ClCC1=Nc2ccccc2SN1. The van der Waals surface area contributed by atoms with E-state index in [0.717, 1.165) is 16.4 Å². The summed E-state index contributed by atoms with van der Waals surface area (Å²) in [4.78, 5) is 5.46. The molecule has 2 nitrogen and oxygen atoms in total. The molecule has 1 aromatic carbocycles. The third kappa shape index (κ3) is 1.42. The maximum absolute atomic E-state index is 5.64. The molecule has 0 aliphatic carbocycles. The Morgan fingerprint density at radius 2 is 2.25 bits per heavy atom. The van der Waals surface area contributed by atoms with E-state index in [1.807, 2.05) is 24.3 Å². The predicted octanol–water partition coefficient (Wildman–Crippen LogP) is 2.57. The molecule has 1 aliphatic rings. The van der Waals surface area contributed by atoms with Crippen molar-refractivity contribution in [3.05, 3.63) is 24.3 Å². The van der Waals surface area contributed by atoms with E-state index in [9.17, 15) is 0 Å². The molecule has 0 aromatic heterocycles. The lowest BCUT2D eigenvalue weighted by atomic mass is 10.3. The highest BCUT2D eigenvalue weighted by Gasteiger charge is 2.09. The highest BCUT2D eigenvalue weighted by atomic mass is 35.5. The highest BCUT2D eigenvalue weighted by molar-refractivity contribution is 7.98. The highest BCUT2D eigenvalue weighted by Crippen LogP contribution is 2.30. The van der Waals surface area contributed by atoms with Gasteiger partial charge in [-0.15, -0.1) is 11.6 Å². The van der Waals surface area contributed by atoms with E-state index in [1.54, 1.807) is 11.9 Å². The summed E-state index contributed by atoms with van der Waals surface area (Å²) in [7, 11) is 0. The van der Waals surface area contributed by atoms with Gasteiger partial charge in [0.15, 0.2) is 0 Å². The van der Waals surface area contributed by atoms with Gasteiger partial charge in [0.25, 0.3) is 0 Å². The Balaban J connectivity index is 2.41. The van der Waals surface area contributed by atoms with Gasteiger partial charge in [-0.2, -0.15) is 0 Å². The molecule has 2 rings (SSSR count). The summed E-state index contributed by atoms with van der Waals surface area (Å²) in [5.41, 5.74) is 0.997. The molecule has 0 saturated carbocycles. The Kier molecular flexibility index (Phi) is 2.23. The molecule has 4 heteroatoms. The first-order valence-electron chi connectivity index (χ1n) is 3.55. The second kappa shape index (κ2) is 3.37. The number of alkyl halides is 1. The minimum atomic E-state index is 0.432. The summed E-state index contributed by atoms with van der Waals surface area (Å²) in [6.07, 6.45) is 0.